The van der Waals surface area contributed by atoms with E-state index in [-0.39, 0.29) is 31.8 Å². The molecule has 0 aliphatic carbocycles. The summed E-state index contributed by atoms with van der Waals surface area (Å²) in [7, 11) is 1.21. The molecule has 0 aromatic heterocycles. The topological polar surface area (TPSA) is 101 Å². The number of esters is 1. The largest absolute Gasteiger partial charge is 0.508 e. The first-order valence-electron chi connectivity index (χ1n) is 11.8. The fourth-order valence-electron chi connectivity index (χ4n) is 3.86. The lowest BCUT2D eigenvalue weighted by Gasteiger charge is -2.23. The van der Waals surface area contributed by atoms with Crippen molar-refractivity contribution in [2.24, 2.45) is 0 Å². The second kappa shape index (κ2) is 12.5. The van der Waals surface area contributed by atoms with Crippen molar-refractivity contribution in [1.29, 1.82) is 0 Å². The molecule has 0 spiro atoms. The van der Waals surface area contributed by atoms with Gasteiger partial charge in [-0.15, -0.1) is 0 Å². The fraction of sp³-hybridized carbons (Fsp3) is 0.241. The van der Waals surface area contributed by atoms with Gasteiger partial charge in [0.05, 0.1) is 13.5 Å². The van der Waals surface area contributed by atoms with E-state index in [0.29, 0.717) is 29.2 Å². The minimum absolute atomic E-state index is 0.00308. The van der Waals surface area contributed by atoms with Crippen molar-refractivity contribution < 1.29 is 38.4 Å². The first kappa shape index (κ1) is 25.6. The van der Waals surface area contributed by atoms with E-state index in [9.17, 15) is 14.7 Å². The van der Waals surface area contributed by atoms with E-state index in [0.717, 1.165) is 11.1 Å². The Kier molecular flexibility index (Phi) is 8.65. The van der Waals surface area contributed by atoms with E-state index >= 15 is 0 Å². The van der Waals surface area contributed by atoms with E-state index < -0.39 is 18.2 Å². The molecule has 1 heterocycles. The molecule has 3 aromatic rings. The highest BCUT2D eigenvalue weighted by Crippen LogP contribution is 2.36. The molecule has 3 aromatic carbocycles. The number of ether oxygens (including phenoxy) is 5. The maximum atomic E-state index is 12.2. The van der Waals surface area contributed by atoms with Crippen LogP contribution in [0.3, 0.4) is 0 Å². The molecule has 8 heteroatoms. The Morgan fingerprint density at radius 2 is 1.59 bits per heavy atom. The van der Waals surface area contributed by atoms with Gasteiger partial charge in [0, 0.05) is 24.1 Å². The summed E-state index contributed by atoms with van der Waals surface area (Å²) in [5.74, 6) is 0.354. The molecule has 1 atom stereocenters. The summed E-state index contributed by atoms with van der Waals surface area (Å²) in [5, 5.41) is 10.9. The molecule has 1 aliphatic rings. The molecule has 192 valence electrons. The predicted octanol–water partition coefficient (Wildman–Crippen LogP) is 5.12. The minimum atomic E-state index is -0.836. The van der Waals surface area contributed by atoms with Crippen molar-refractivity contribution in [3.63, 3.8) is 0 Å². The van der Waals surface area contributed by atoms with Gasteiger partial charge in [0.2, 0.25) is 0 Å². The molecule has 0 bridgehead atoms. The van der Waals surface area contributed by atoms with Crippen molar-refractivity contribution in [3.8, 4) is 17.2 Å². The Morgan fingerprint density at radius 1 is 0.946 bits per heavy atom. The number of rotatable bonds is 10. The van der Waals surface area contributed by atoms with Crippen LogP contribution in [0.25, 0.3) is 0 Å². The monoisotopic (exact) mass is 504 g/mol. The number of cyclic esters (lactones) is 1. The van der Waals surface area contributed by atoms with Crippen molar-refractivity contribution in [3.05, 3.63) is 101 Å². The van der Waals surface area contributed by atoms with Crippen LogP contribution in [0.1, 0.15) is 23.1 Å². The molecule has 0 unspecified atom stereocenters. The Hall–Kier alpha value is -4.46. The number of hydrogen-bond acceptors (Lipinski definition) is 8. The van der Waals surface area contributed by atoms with Gasteiger partial charge in [-0.05, 0) is 22.8 Å². The number of benzene rings is 3. The Bertz CT molecular complexity index is 1240. The molecule has 0 saturated heterocycles. The van der Waals surface area contributed by atoms with Crippen LogP contribution in [0, 0.1) is 0 Å². The van der Waals surface area contributed by atoms with E-state index in [1.165, 1.54) is 13.2 Å². The van der Waals surface area contributed by atoms with Crippen molar-refractivity contribution in [2.75, 3.05) is 13.7 Å². The lowest BCUT2D eigenvalue weighted by Crippen LogP contribution is -2.26. The first-order valence-corrected chi connectivity index (χ1v) is 11.8. The SMILES string of the molecule is COC(=O)OCC1=C[C@@H](Cc2c(O)cc(OCc3ccccc3)cc2OCc2ccccc2)OC(=O)C1. The maximum absolute atomic E-state index is 12.2. The van der Waals surface area contributed by atoms with Gasteiger partial charge in [0.25, 0.3) is 0 Å². The van der Waals surface area contributed by atoms with Crippen LogP contribution in [0.2, 0.25) is 0 Å². The number of carbonyl (C=O) groups excluding carboxylic acids is 2. The standard InChI is InChI=1S/C29H28O8/c1-33-29(32)36-19-22-12-24(37-28(31)13-22)14-25-26(30)15-23(34-17-20-8-4-2-5-9-20)16-27(25)35-18-21-10-6-3-7-11-21/h2-12,15-16,24,30H,13-14,17-19H2,1H3/t24-/m0/s1. The fourth-order valence-corrected chi connectivity index (χ4v) is 3.86. The lowest BCUT2D eigenvalue weighted by atomic mass is 10.0. The molecule has 1 N–H and O–H groups in total. The molecule has 0 saturated carbocycles. The molecule has 0 fully saturated rings. The molecule has 0 amide bonds. The smallest absolute Gasteiger partial charge is 0.507 e. The third-order valence-electron chi connectivity index (χ3n) is 5.67. The van der Waals surface area contributed by atoms with Crippen LogP contribution in [0.15, 0.2) is 84.4 Å². The summed E-state index contributed by atoms with van der Waals surface area (Å²) in [6.07, 6.45) is 0.353. The van der Waals surface area contributed by atoms with E-state index in [2.05, 4.69) is 4.74 Å². The quantitative estimate of drug-likeness (QED) is 0.300. The summed E-state index contributed by atoms with van der Waals surface area (Å²) in [6.45, 7) is 0.506. The van der Waals surface area contributed by atoms with Gasteiger partial charge in [-0.25, -0.2) is 4.79 Å². The number of aromatic hydroxyl groups is 1. The maximum Gasteiger partial charge on any atom is 0.508 e. The van der Waals surface area contributed by atoms with Gasteiger partial charge in [-0.3, -0.25) is 4.79 Å². The molecular formula is C29H28O8. The average molecular weight is 505 g/mol. The first-order chi connectivity index (χ1) is 18.0. The van der Waals surface area contributed by atoms with Gasteiger partial charge < -0.3 is 28.8 Å². The second-order valence-electron chi connectivity index (χ2n) is 8.44. The van der Waals surface area contributed by atoms with Crippen molar-refractivity contribution in [1.82, 2.24) is 0 Å². The number of carbonyl (C=O) groups is 2. The van der Waals surface area contributed by atoms with Gasteiger partial charge in [-0.1, -0.05) is 60.7 Å². The highest BCUT2D eigenvalue weighted by molar-refractivity contribution is 5.74. The number of phenolic OH excluding ortho intramolecular Hbond substituents is 1. The number of phenols is 1. The average Bonchev–Trinajstić information content (AvgIpc) is 2.92. The van der Waals surface area contributed by atoms with E-state index in [4.69, 9.17) is 18.9 Å². The van der Waals surface area contributed by atoms with Crippen LogP contribution in [-0.2, 0) is 38.6 Å². The van der Waals surface area contributed by atoms with Crippen LogP contribution in [0.4, 0.5) is 4.79 Å². The summed E-state index contributed by atoms with van der Waals surface area (Å²) >= 11 is 0. The Balaban J connectivity index is 1.55. The zero-order chi connectivity index (χ0) is 26.0. The normalized spacial score (nSPS) is 14.8. The van der Waals surface area contributed by atoms with Crippen LogP contribution >= 0.6 is 0 Å². The summed E-state index contributed by atoms with van der Waals surface area (Å²) in [5.41, 5.74) is 2.99. The van der Waals surface area contributed by atoms with Gasteiger partial charge in [0.1, 0.15) is 43.2 Å². The molecular weight excluding hydrogens is 476 g/mol. The zero-order valence-corrected chi connectivity index (χ0v) is 20.4. The Labute approximate surface area is 215 Å². The van der Waals surface area contributed by atoms with Crippen LogP contribution in [0.5, 0.6) is 17.2 Å². The van der Waals surface area contributed by atoms with Crippen LogP contribution < -0.4 is 9.47 Å². The third-order valence-corrected chi connectivity index (χ3v) is 5.67. The third kappa shape index (κ3) is 7.51. The molecule has 1 aliphatic heterocycles. The van der Waals surface area contributed by atoms with E-state index in [1.54, 1.807) is 12.1 Å². The van der Waals surface area contributed by atoms with Gasteiger partial charge in [-0.2, -0.15) is 0 Å². The zero-order valence-electron chi connectivity index (χ0n) is 20.4. The molecule has 8 nitrogen and oxygen atoms in total. The summed E-state index contributed by atoms with van der Waals surface area (Å²) in [6, 6.07) is 22.6. The van der Waals surface area contributed by atoms with Gasteiger partial charge in [0.15, 0.2) is 0 Å². The molecule has 0 radical (unpaired) electrons. The highest BCUT2D eigenvalue weighted by Gasteiger charge is 2.25. The number of methoxy groups -OCH3 is 1. The Morgan fingerprint density at radius 3 is 2.24 bits per heavy atom. The van der Waals surface area contributed by atoms with Crippen LogP contribution in [-0.4, -0.2) is 37.1 Å². The van der Waals surface area contributed by atoms with Crippen molar-refractivity contribution >= 4 is 12.1 Å². The predicted molar refractivity (Wildman–Crippen MR) is 134 cm³/mol. The molecule has 4 rings (SSSR count). The summed E-state index contributed by atoms with van der Waals surface area (Å²) in [4.78, 5) is 23.5. The number of hydrogen-bond donors (Lipinski definition) is 1. The molecule has 37 heavy (non-hydrogen) atoms. The summed E-state index contributed by atoms with van der Waals surface area (Å²) < 4.78 is 26.9. The minimum Gasteiger partial charge on any atom is -0.507 e. The van der Waals surface area contributed by atoms with E-state index in [1.807, 2.05) is 60.7 Å². The second-order valence-corrected chi connectivity index (χ2v) is 8.44. The highest BCUT2D eigenvalue weighted by atomic mass is 16.7. The van der Waals surface area contributed by atoms with Crippen molar-refractivity contribution in [2.45, 2.75) is 32.2 Å². The lowest BCUT2D eigenvalue weighted by molar-refractivity contribution is -0.147. The van der Waals surface area contributed by atoms with Gasteiger partial charge >= 0.3 is 12.1 Å².